The molecular weight excluding hydrogens is 266 g/mol. The normalized spacial score (nSPS) is 19.4. The molecular formula is C16H25N3O2. The number of likely N-dealkylation sites (tertiary alicyclic amines) is 1. The van der Waals surface area contributed by atoms with Crippen LogP contribution in [0.25, 0.3) is 0 Å². The molecule has 21 heavy (non-hydrogen) atoms. The summed E-state index contributed by atoms with van der Waals surface area (Å²) in [6.07, 6.45) is 4.90. The highest BCUT2D eigenvalue weighted by Gasteiger charge is 2.24. The molecule has 0 amide bonds. The fourth-order valence-electron chi connectivity index (χ4n) is 3.20. The van der Waals surface area contributed by atoms with Crippen molar-refractivity contribution in [2.24, 2.45) is 0 Å². The molecule has 2 rings (SSSR count). The number of anilines is 1. The van der Waals surface area contributed by atoms with Crippen LogP contribution in [0.2, 0.25) is 0 Å². The van der Waals surface area contributed by atoms with Gasteiger partial charge in [0.15, 0.2) is 0 Å². The van der Waals surface area contributed by atoms with E-state index in [1.54, 1.807) is 12.1 Å². The molecule has 1 fully saturated rings. The number of nitrogens with one attached hydrogen (secondary N) is 1. The second-order valence-electron chi connectivity index (χ2n) is 5.63. The Kier molecular flexibility index (Phi) is 5.56. The predicted molar refractivity (Wildman–Crippen MR) is 85.6 cm³/mol. The van der Waals surface area contributed by atoms with Gasteiger partial charge in [-0.3, -0.25) is 15.0 Å². The number of nitrogens with zero attached hydrogens (tertiary/aromatic N) is 2. The van der Waals surface area contributed by atoms with Gasteiger partial charge in [0.1, 0.15) is 5.69 Å². The zero-order valence-corrected chi connectivity index (χ0v) is 13.0. The van der Waals surface area contributed by atoms with E-state index in [1.165, 1.54) is 19.3 Å². The Morgan fingerprint density at radius 3 is 2.86 bits per heavy atom. The van der Waals surface area contributed by atoms with Gasteiger partial charge in [-0.15, -0.1) is 0 Å². The number of benzene rings is 1. The summed E-state index contributed by atoms with van der Waals surface area (Å²) in [6, 6.07) is 5.98. The molecule has 0 spiro atoms. The molecule has 0 radical (unpaired) electrons. The SMILES string of the molecule is CCNc1c(CN2CCCCC2CC)cccc1[N+](=O)[O-]. The van der Waals surface area contributed by atoms with Gasteiger partial charge < -0.3 is 5.32 Å². The zero-order valence-electron chi connectivity index (χ0n) is 13.0. The van der Waals surface area contributed by atoms with Gasteiger partial charge in [-0.1, -0.05) is 25.5 Å². The Hall–Kier alpha value is -1.62. The lowest BCUT2D eigenvalue weighted by molar-refractivity contribution is -0.384. The summed E-state index contributed by atoms with van der Waals surface area (Å²) in [7, 11) is 0. The summed E-state index contributed by atoms with van der Waals surface area (Å²) in [5.41, 5.74) is 1.90. The van der Waals surface area contributed by atoms with Crippen molar-refractivity contribution in [3.8, 4) is 0 Å². The monoisotopic (exact) mass is 291 g/mol. The lowest BCUT2D eigenvalue weighted by Crippen LogP contribution is -2.38. The van der Waals surface area contributed by atoms with Gasteiger partial charge >= 0.3 is 0 Å². The largest absolute Gasteiger partial charge is 0.380 e. The molecule has 1 atom stereocenters. The Morgan fingerprint density at radius 2 is 2.19 bits per heavy atom. The molecule has 1 aromatic carbocycles. The second kappa shape index (κ2) is 7.41. The van der Waals surface area contributed by atoms with Gasteiger partial charge in [0, 0.05) is 25.2 Å². The maximum absolute atomic E-state index is 11.2. The number of rotatable bonds is 6. The van der Waals surface area contributed by atoms with E-state index >= 15 is 0 Å². The van der Waals surface area contributed by atoms with Crippen molar-refractivity contribution < 1.29 is 4.92 Å². The van der Waals surface area contributed by atoms with Crippen LogP contribution in [0.1, 0.15) is 45.1 Å². The highest BCUT2D eigenvalue weighted by molar-refractivity contribution is 5.66. The first-order valence-electron chi connectivity index (χ1n) is 7.91. The van der Waals surface area contributed by atoms with E-state index in [0.717, 1.165) is 25.1 Å². The number of hydrogen-bond donors (Lipinski definition) is 1. The third-order valence-corrected chi connectivity index (χ3v) is 4.27. The van der Waals surface area contributed by atoms with Crippen LogP contribution < -0.4 is 5.32 Å². The molecule has 5 nitrogen and oxygen atoms in total. The van der Waals surface area contributed by atoms with Crippen molar-refractivity contribution >= 4 is 11.4 Å². The van der Waals surface area contributed by atoms with Gasteiger partial charge in [0.2, 0.25) is 0 Å². The molecule has 0 aliphatic carbocycles. The fourth-order valence-corrected chi connectivity index (χ4v) is 3.20. The molecule has 1 heterocycles. The van der Waals surface area contributed by atoms with Crippen molar-refractivity contribution in [3.05, 3.63) is 33.9 Å². The first-order chi connectivity index (χ1) is 10.2. The van der Waals surface area contributed by atoms with Crippen LogP contribution in [-0.2, 0) is 6.54 Å². The summed E-state index contributed by atoms with van der Waals surface area (Å²) in [5.74, 6) is 0. The van der Waals surface area contributed by atoms with Crippen LogP contribution in [0.4, 0.5) is 11.4 Å². The molecule has 5 heteroatoms. The Morgan fingerprint density at radius 1 is 1.38 bits per heavy atom. The van der Waals surface area contributed by atoms with Gasteiger partial charge in [0.05, 0.1) is 4.92 Å². The zero-order chi connectivity index (χ0) is 15.2. The highest BCUT2D eigenvalue weighted by atomic mass is 16.6. The first kappa shape index (κ1) is 15.8. The van der Waals surface area contributed by atoms with E-state index < -0.39 is 0 Å². The average molecular weight is 291 g/mol. The van der Waals surface area contributed by atoms with E-state index in [4.69, 9.17) is 0 Å². The van der Waals surface area contributed by atoms with Crippen LogP contribution in [-0.4, -0.2) is 29.0 Å². The standard InChI is InChI=1S/C16H25N3O2/c1-3-14-9-5-6-11-18(14)12-13-8-7-10-15(19(20)21)16(13)17-4-2/h7-8,10,14,17H,3-6,9,11-12H2,1-2H3. The van der Waals surface area contributed by atoms with E-state index in [9.17, 15) is 10.1 Å². The van der Waals surface area contributed by atoms with Crippen molar-refractivity contribution in [3.63, 3.8) is 0 Å². The minimum Gasteiger partial charge on any atom is -0.380 e. The summed E-state index contributed by atoms with van der Waals surface area (Å²) in [5, 5.41) is 14.4. The molecule has 1 aromatic rings. The van der Waals surface area contributed by atoms with Gasteiger partial charge in [-0.2, -0.15) is 0 Å². The Bertz CT molecular complexity index is 490. The Labute approximate surface area is 126 Å². The number of nitro benzene ring substituents is 1. The van der Waals surface area contributed by atoms with E-state index in [0.29, 0.717) is 18.3 Å². The summed E-state index contributed by atoms with van der Waals surface area (Å²) < 4.78 is 0. The molecule has 1 aliphatic rings. The third-order valence-electron chi connectivity index (χ3n) is 4.27. The number of hydrogen-bond acceptors (Lipinski definition) is 4. The van der Waals surface area contributed by atoms with Crippen molar-refractivity contribution in [2.75, 3.05) is 18.4 Å². The predicted octanol–water partition coefficient (Wildman–Crippen LogP) is 3.79. The van der Waals surface area contributed by atoms with E-state index in [1.807, 2.05) is 13.0 Å². The third kappa shape index (κ3) is 3.73. The summed E-state index contributed by atoms with van der Waals surface area (Å²) in [4.78, 5) is 13.4. The molecule has 0 saturated carbocycles. The first-order valence-corrected chi connectivity index (χ1v) is 7.91. The number of para-hydroxylation sites is 1. The highest BCUT2D eigenvalue weighted by Crippen LogP contribution is 2.31. The van der Waals surface area contributed by atoms with Crippen molar-refractivity contribution in [2.45, 2.75) is 52.1 Å². The molecule has 0 bridgehead atoms. The summed E-state index contributed by atoms with van der Waals surface area (Å²) in [6.45, 7) is 6.77. The van der Waals surface area contributed by atoms with Gasteiger partial charge in [-0.05, 0) is 38.3 Å². The minimum absolute atomic E-state index is 0.180. The molecule has 1 unspecified atom stereocenters. The topological polar surface area (TPSA) is 58.4 Å². The van der Waals surface area contributed by atoms with Crippen LogP contribution in [0.15, 0.2) is 18.2 Å². The van der Waals surface area contributed by atoms with Crippen molar-refractivity contribution in [1.29, 1.82) is 0 Å². The summed E-state index contributed by atoms with van der Waals surface area (Å²) >= 11 is 0. The molecule has 0 aromatic heterocycles. The fraction of sp³-hybridized carbons (Fsp3) is 0.625. The van der Waals surface area contributed by atoms with Gasteiger partial charge in [0.25, 0.3) is 5.69 Å². The smallest absolute Gasteiger partial charge is 0.292 e. The molecule has 116 valence electrons. The van der Waals surface area contributed by atoms with Crippen LogP contribution in [0.3, 0.4) is 0 Å². The molecule has 1 aliphatic heterocycles. The van der Waals surface area contributed by atoms with Crippen molar-refractivity contribution in [1.82, 2.24) is 4.90 Å². The maximum atomic E-state index is 11.2. The van der Waals surface area contributed by atoms with E-state index in [-0.39, 0.29) is 10.6 Å². The second-order valence-corrected chi connectivity index (χ2v) is 5.63. The Balaban J connectivity index is 2.25. The number of nitro groups is 1. The van der Waals surface area contributed by atoms with Crippen LogP contribution >= 0.6 is 0 Å². The minimum atomic E-state index is -0.297. The maximum Gasteiger partial charge on any atom is 0.292 e. The van der Waals surface area contributed by atoms with E-state index in [2.05, 4.69) is 17.1 Å². The van der Waals surface area contributed by atoms with Crippen LogP contribution in [0.5, 0.6) is 0 Å². The lowest BCUT2D eigenvalue weighted by Gasteiger charge is -2.35. The number of piperidine rings is 1. The van der Waals surface area contributed by atoms with Gasteiger partial charge in [-0.25, -0.2) is 0 Å². The lowest BCUT2D eigenvalue weighted by atomic mass is 9.98. The quantitative estimate of drug-likeness (QED) is 0.640. The average Bonchev–Trinajstić information content (AvgIpc) is 2.49. The van der Waals surface area contributed by atoms with Crippen LogP contribution in [0, 0.1) is 10.1 Å². The molecule has 1 saturated heterocycles. The molecule has 1 N–H and O–H groups in total.